The van der Waals surface area contributed by atoms with Crippen molar-refractivity contribution in [3.8, 4) is 16.9 Å². The molecule has 1 aliphatic heterocycles. The number of nitrogens with one attached hydrogen (secondary N) is 1. The minimum Gasteiger partial charge on any atom is -0.494 e. The Kier molecular flexibility index (Phi) is 7.36. The first-order chi connectivity index (χ1) is 20.1. The molecule has 2 aromatic carbocycles. The monoisotopic (exact) mass is 545 g/mol. The number of benzene rings is 2. The zero-order valence-electron chi connectivity index (χ0n) is 22.9. The molecule has 3 aromatic heterocycles. The molecule has 0 saturated carbocycles. The number of hydrogen-bond donors (Lipinski definition) is 1. The number of Topliss-reactive ketones (excluding diaryl/α,β-unsaturated/α-hetero) is 1. The Morgan fingerprint density at radius 3 is 2.34 bits per heavy atom. The Labute approximate surface area is 238 Å². The third-order valence-corrected chi connectivity index (χ3v) is 7.31. The molecule has 0 bridgehead atoms. The van der Waals surface area contributed by atoms with Crippen LogP contribution in [0.15, 0.2) is 103 Å². The lowest BCUT2D eigenvalue weighted by Gasteiger charge is -2.36. The number of hydrogen-bond acceptors (Lipinski definition) is 6. The molecule has 0 aliphatic carbocycles. The average molecular weight is 546 g/mol. The van der Waals surface area contributed by atoms with Gasteiger partial charge < -0.3 is 24.3 Å². The molecule has 1 saturated heterocycles. The number of carbonyl (C=O) groups excluding carboxylic acids is 2. The van der Waals surface area contributed by atoms with Crippen LogP contribution in [0, 0.1) is 0 Å². The smallest absolute Gasteiger partial charge is 0.298 e. The molecule has 41 heavy (non-hydrogen) atoms. The van der Waals surface area contributed by atoms with Crippen LogP contribution in [-0.2, 0) is 4.79 Å². The minimum absolute atomic E-state index is 0.347. The molecular weight excluding hydrogens is 514 g/mol. The van der Waals surface area contributed by atoms with E-state index in [1.807, 2.05) is 104 Å². The van der Waals surface area contributed by atoms with Crippen LogP contribution in [0.5, 0.6) is 5.75 Å². The summed E-state index contributed by atoms with van der Waals surface area (Å²) < 4.78 is 7.39. The highest BCUT2D eigenvalue weighted by Gasteiger charge is 2.25. The van der Waals surface area contributed by atoms with Crippen molar-refractivity contribution in [3.05, 3.63) is 109 Å². The SMILES string of the molecule is CCOc1ccnc(N2CCN(c3ccc(NC(=O)C(=O)c4c(-c5ccccc5)cc5ccccn45)cc3)CC2)c1. The van der Waals surface area contributed by atoms with Crippen LogP contribution in [-0.4, -0.2) is 53.9 Å². The fraction of sp³-hybridized carbons (Fsp3) is 0.182. The molecule has 0 unspecified atom stereocenters. The maximum atomic E-state index is 13.5. The van der Waals surface area contributed by atoms with Crippen LogP contribution in [0.4, 0.5) is 17.2 Å². The summed E-state index contributed by atoms with van der Waals surface area (Å²) in [5, 5.41) is 2.80. The lowest BCUT2D eigenvalue weighted by Crippen LogP contribution is -2.46. The van der Waals surface area contributed by atoms with Crippen molar-refractivity contribution in [1.82, 2.24) is 9.38 Å². The van der Waals surface area contributed by atoms with E-state index in [1.54, 1.807) is 10.6 Å². The topological polar surface area (TPSA) is 79.2 Å². The molecule has 4 heterocycles. The van der Waals surface area contributed by atoms with Crippen molar-refractivity contribution in [2.24, 2.45) is 0 Å². The third-order valence-electron chi connectivity index (χ3n) is 7.31. The van der Waals surface area contributed by atoms with Gasteiger partial charge in [-0.1, -0.05) is 36.4 Å². The van der Waals surface area contributed by atoms with Crippen molar-refractivity contribution >= 4 is 34.4 Å². The highest BCUT2D eigenvalue weighted by molar-refractivity contribution is 6.47. The quantitative estimate of drug-likeness (QED) is 0.204. The first-order valence-electron chi connectivity index (χ1n) is 13.8. The summed E-state index contributed by atoms with van der Waals surface area (Å²) in [6.07, 6.45) is 3.59. The van der Waals surface area contributed by atoms with Crippen LogP contribution in [0.3, 0.4) is 0 Å². The van der Waals surface area contributed by atoms with Crippen molar-refractivity contribution in [3.63, 3.8) is 0 Å². The van der Waals surface area contributed by atoms with Crippen LogP contribution in [0.1, 0.15) is 17.4 Å². The molecule has 0 spiro atoms. The van der Waals surface area contributed by atoms with Gasteiger partial charge in [-0.3, -0.25) is 9.59 Å². The van der Waals surface area contributed by atoms with E-state index in [9.17, 15) is 9.59 Å². The second-order valence-electron chi connectivity index (χ2n) is 9.86. The second kappa shape index (κ2) is 11.6. The van der Waals surface area contributed by atoms with E-state index in [0.29, 0.717) is 18.0 Å². The van der Waals surface area contributed by atoms with E-state index < -0.39 is 11.7 Å². The molecule has 1 aliphatic rings. The van der Waals surface area contributed by atoms with E-state index in [4.69, 9.17) is 4.74 Å². The van der Waals surface area contributed by atoms with Gasteiger partial charge in [0.1, 0.15) is 17.3 Å². The second-order valence-corrected chi connectivity index (χ2v) is 9.86. The number of anilines is 3. The molecule has 206 valence electrons. The summed E-state index contributed by atoms with van der Waals surface area (Å²) >= 11 is 0. The Hall–Kier alpha value is -5.11. The normalized spacial score (nSPS) is 13.3. The summed E-state index contributed by atoms with van der Waals surface area (Å²) in [4.78, 5) is 35.7. The summed E-state index contributed by atoms with van der Waals surface area (Å²) in [5.74, 6) is 0.494. The van der Waals surface area contributed by atoms with Crippen molar-refractivity contribution in [2.45, 2.75) is 6.92 Å². The summed E-state index contributed by atoms with van der Waals surface area (Å²) in [7, 11) is 0. The van der Waals surface area contributed by atoms with E-state index in [2.05, 4.69) is 20.1 Å². The number of piperazine rings is 1. The molecule has 8 heteroatoms. The van der Waals surface area contributed by atoms with E-state index in [1.165, 1.54) is 0 Å². The van der Waals surface area contributed by atoms with Gasteiger partial charge in [-0.2, -0.15) is 0 Å². The van der Waals surface area contributed by atoms with Gasteiger partial charge in [-0.15, -0.1) is 0 Å². The Bertz CT molecular complexity index is 1670. The largest absolute Gasteiger partial charge is 0.494 e. The van der Waals surface area contributed by atoms with Crippen LogP contribution in [0.2, 0.25) is 0 Å². The standard InChI is InChI=1S/C33H31N5O3/c1-2-41-28-15-16-34-30(23-28)37-20-18-36(19-21-37)26-13-11-25(12-14-26)35-33(40)32(39)31-29(24-8-4-3-5-9-24)22-27-10-6-7-17-38(27)31/h3-17,22-23H,2,18-21H2,1H3,(H,35,40). The van der Waals surface area contributed by atoms with Gasteiger partial charge in [-0.25, -0.2) is 4.98 Å². The number of rotatable bonds is 8. The molecular formula is C33H31N5O3. The first kappa shape index (κ1) is 26.1. The molecule has 1 N–H and O–H groups in total. The first-order valence-corrected chi connectivity index (χ1v) is 13.8. The Balaban J connectivity index is 1.13. The zero-order valence-corrected chi connectivity index (χ0v) is 22.9. The fourth-order valence-electron chi connectivity index (χ4n) is 5.27. The van der Waals surface area contributed by atoms with Crippen LogP contribution >= 0.6 is 0 Å². The number of carbonyl (C=O) groups is 2. The van der Waals surface area contributed by atoms with Gasteiger partial charge in [0.2, 0.25) is 0 Å². The average Bonchev–Trinajstić information content (AvgIpc) is 3.42. The molecule has 5 aromatic rings. The maximum absolute atomic E-state index is 13.5. The predicted molar refractivity (Wildman–Crippen MR) is 162 cm³/mol. The lowest BCUT2D eigenvalue weighted by molar-refractivity contribution is -0.112. The molecule has 1 fully saturated rings. The van der Waals surface area contributed by atoms with Crippen molar-refractivity contribution in [1.29, 1.82) is 0 Å². The molecule has 0 radical (unpaired) electrons. The Morgan fingerprint density at radius 2 is 1.59 bits per heavy atom. The number of pyridine rings is 2. The van der Waals surface area contributed by atoms with Gasteiger partial charge in [0.25, 0.3) is 11.7 Å². The van der Waals surface area contributed by atoms with E-state index in [-0.39, 0.29) is 0 Å². The van der Waals surface area contributed by atoms with Gasteiger partial charge in [0.05, 0.1) is 6.61 Å². The molecule has 1 amide bonds. The van der Waals surface area contributed by atoms with Crippen LogP contribution in [0.25, 0.3) is 16.6 Å². The van der Waals surface area contributed by atoms with Gasteiger partial charge in [0, 0.05) is 67.1 Å². The van der Waals surface area contributed by atoms with Gasteiger partial charge >= 0.3 is 0 Å². The van der Waals surface area contributed by atoms with E-state index in [0.717, 1.165) is 60.1 Å². The number of nitrogens with zero attached hydrogens (tertiary/aromatic N) is 4. The zero-order chi connectivity index (χ0) is 28.2. The van der Waals surface area contributed by atoms with Gasteiger partial charge in [-0.05, 0) is 61.0 Å². The molecule has 8 nitrogen and oxygen atoms in total. The van der Waals surface area contributed by atoms with Crippen LogP contribution < -0.4 is 19.9 Å². The maximum Gasteiger partial charge on any atom is 0.298 e. The number of ketones is 1. The summed E-state index contributed by atoms with van der Waals surface area (Å²) in [6.45, 7) is 5.96. The number of fused-ring (bicyclic) bond motifs is 1. The number of aromatic nitrogens is 2. The summed E-state index contributed by atoms with van der Waals surface area (Å²) in [6, 6.07) is 28.8. The highest BCUT2D eigenvalue weighted by atomic mass is 16.5. The van der Waals surface area contributed by atoms with E-state index >= 15 is 0 Å². The predicted octanol–water partition coefficient (Wildman–Crippen LogP) is 5.55. The number of ether oxygens (including phenoxy) is 1. The number of amides is 1. The third kappa shape index (κ3) is 5.49. The Morgan fingerprint density at radius 1 is 0.854 bits per heavy atom. The van der Waals surface area contributed by atoms with Gasteiger partial charge in [0.15, 0.2) is 0 Å². The highest BCUT2D eigenvalue weighted by Crippen LogP contribution is 2.29. The minimum atomic E-state index is -0.672. The summed E-state index contributed by atoms with van der Waals surface area (Å²) in [5.41, 5.74) is 4.45. The lowest BCUT2D eigenvalue weighted by atomic mass is 10.0. The fourth-order valence-corrected chi connectivity index (χ4v) is 5.27. The van der Waals surface area contributed by atoms with Crippen molar-refractivity contribution < 1.29 is 14.3 Å². The van der Waals surface area contributed by atoms with Crippen molar-refractivity contribution in [2.75, 3.05) is 47.9 Å². The molecule has 6 rings (SSSR count). The molecule has 0 atom stereocenters.